The number of Topliss-reactive ketones (excluding diaryl/α,β-unsaturated/α-hetero) is 1. The Morgan fingerprint density at radius 2 is 1.35 bits per heavy atom. The average Bonchev–Trinajstić information content (AvgIpc) is 3.30. The Balaban J connectivity index is 1.20. The number of rotatable bonds is 6. The Bertz CT molecular complexity index is 788. The molecule has 4 rings (SSSR count). The first-order chi connectivity index (χ1) is 14.9. The lowest BCUT2D eigenvalue weighted by atomic mass is 9.81. The summed E-state index contributed by atoms with van der Waals surface area (Å²) in [5.74, 6) is 0.528. The van der Waals surface area contributed by atoms with Crippen molar-refractivity contribution < 1.29 is 4.79 Å². The minimum Gasteiger partial charge on any atom is -0.300 e. The van der Waals surface area contributed by atoms with E-state index in [2.05, 4.69) is 38.9 Å². The van der Waals surface area contributed by atoms with Crippen molar-refractivity contribution in [3.63, 3.8) is 0 Å². The molecule has 0 N–H and O–H groups in total. The Kier molecular flexibility index (Phi) is 7.12. The molecule has 1 aliphatic carbocycles. The summed E-state index contributed by atoms with van der Waals surface area (Å²) < 4.78 is 2.17. The van der Waals surface area contributed by atoms with Crippen LogP contribution in [0.1, 0.15) is 76.8 Å². The number of piperidine rings is 2. The van der Waals surface area contributed by atoms with Gasteiger partial charge in [0.15, 0.2) is 5.78 Å². The fourth-order valence-electron chi connectivity index (χ4n) is 5.94. The molecule has 2 saturated heterocycles. The molecule has 0 atom stereocenters. The molecule has 0 spiro atoms. The topological polar surface area (TPSA) is 41.4 Å². The Morgan fingerprint density at radius 1 is 0.839 bits per heavy atom. The third-order valence-electron chi connectivity index (χ3n) is 7.99. The van der Waals surface area contributed by atoms with Crippen molar-refractivity contribution in [3.8, 4) is 0 Å². The van der Waals surface area contributed by atoms with Gasteiger partial charge in [-0.05, 0) is 89.4 Å². The molecule has 1 saturated carbocycles. The molecular weight excluding hydrogens is 384 g/mol. The second kappa shape index (κ2) is 9.83. The second-order valence-electron chi connectivity index (χ2n) is 10.2. The van der Waals surface area contributed by atoms with Gasteiger partial charge in [0.2, 0.25) is 0 Å². The largest absolute Gasteiger partial charge is 0.300 e. The Morgan fingerprint density at radius 3 is 1.84 bits per heavy atom. The van der Waals surface area contributed by atoms with E-state index in [0.29, 0.717) is 17.9 Å². The standard InChI is InChI=1S/C26H40N4O/c1-19(2)22-17-27-30(18-22)25-11-15-29(16-12-25)24-9-13-28(14-10-24)23-7-5-21(6-8-23)26(31)20(3)4/h17-18,21,23-25H,1,3,5-16H2,2,4H3. The molecule has 3 heterocycles. The summed E-state index contributed by atoms with van der Waals surface area (Å²) in [7, 11) is 0. The number of hydrogen-bond donors (Lipinski definition) is 0. The minimum atomic E-state index is 0.230. The van der Waals surface area contributed by atoms with Crippen molar-refractivity contribution in [2.24, 2.45) is 5.92 Å². The van der Waals surface area contributed by atoms with Crippen LogP contribution >= 0.6 is 0 Å². The number of ketones is 1. The fourth-order valence-corrected chi connectivity index (χ4v) is 5.94. The molecule has 0 bridgehead atoms. The number of nitrogens with zero attached hydrogens (tertiary/aromatic N) is 4. The summed E-state index contributed by atoms with van der Waals surface area (Å²) in [6.07, 6.45) is 13.5. The van der Waals surface area contributed by atoms with Crippen LogP contribution in [0.5, 0.6) is 0 Å². The molecule has 5 nitrogen and oxygen atoms in total. The van der Waals surface area contributed by atoms with E-state index in [-0.39, 0.29) is 5.92 Å². The van der Waals surface area contributed by atoms with E-state index in [1.165, 1.54) is 64.7 Å². The maximum atomic E-state index is 12.2. The van der Waals surface area contributed by atoms with E-state index in [1.54, 1.807) is 0 Å². The molecule has 5 heteroatoms. The summed E-state index contributed by atoms with van der Waals surface area (Å²) in [5.41, 5.74) is 2.98. The summed E-state index contributed by atoms with van der Waals surface area (Å²) in [4.78, 5) is 17.7. The normalized spacial score (nSPS) is 27.3. The highest BCUT2D eigenvalue weighted by atomic mass is 16.1. The maximum Gasteiger partial charge on any atom is 0.161 e. The molecule has 0 amide bonds. The van der Waals surface area contributed by atoms with Gasteiger partial charge in [-0.2, -0.15) is 5.10 Å². The first-order valence-corrected chi connectivity index (χ1v) is 12.3. The summed E-state index contributed by atoms with van der Waals surface area (Å²) >= 11 is 0. The molecule has 1 aromatic heterocycles. The van der Waals surface area contributed by atoms with Crippen LogP contribution in [-0.2, 0) is 4.79 Å². The van der Waals surface area contributed by atoms with Crippen LogP contribution in [-0.4, -0.2) is 63.6 Å². The summed E-state index contributed by atoms with van der Waals surface area (Å²) in [6, 6.07) is 1.95. The molecule has 31 heavy (non-hydrogen) atoms. The third-order valence-corrected chi connectivity index (χ3v) is 7.99. The number of likely N-dealkylation sites (tertiary alicyclic amines) is 2. The molecule has 3 aliphatic rings. The lowest BCUT2D eigenvalue weighted by Gasteiger charge is -2.45. The summed E-state index contributed by atoms with van der Waals surface area (Å²) in [6.45, 7) is 16.6. The van der Waals surface area contributed by atoms with Crippen molar-refractivity contribution in [2.75, 3.05) is 26.2 Å². The molecule has 0 unspecified atom stereocenters. The summed E-state index contributed by atoms with van der Waals surface area (Å²) in [5, 5.41) is 4.59. The van der Waals surface area contributed by atoms with E-state index >= 15 is 0 Å². The number of allylic oxidation sites excluding steroid dienone is 2. The fraction of sp³-hybridized carbons (Fsp3) is 0.692. The van der Waals surface area contributed by atoms with E-state index < -0.39 is 0 Å². The van der Waals surface area contributed by atoms with Gasteiger partial charge >= 0.3 is 0 Å². The van der Waals surface area contributed by atoms with Crippen LogP contribution in [0.3, 0.4) is 0 Å². The monoisotopic (exact) mass is 424 g/mol. The number of aromatic nitrogens is 2. The van der Waals surface area contributed by atoms with Gasteiger partial charge in [-0.1, -0.05) is 13.2 Å². The van der Waals surface area contributed by atoms with Crippen molar-refractivity contribution in [3.05, 3.63) is 36.7 Å². The van der Waals surface area contributed by atoms with Crippen molar-refractivity contribution in [1.29, 1.82) is 0 Å². The van der Waals surface area contributed by atoms with Gasteiger partial charge < -0.3 is 9.80 Å². The van der Waals surface area contributed by atoms with Gasteiger partial charge in [-0.15, -0.1) is 0 Å². The van der Waals surface area contributed by atoms with Gasteiger partial charge in [0.1, 0.15) is 0 Å². The number of hydrogen-bond acceptors (Lipinski definition) is 4. The molecule has 0 radical (unpaired) electrons. The van der Waals surface area contributed by atoms with Crippen LogP contribution in [0.25, 0.3) is 5.57 Å². The van der Waals surface area contributed by atoms with Crippen molar-refractivity contribution in [1.82, 2.24) is 19.6 Å². The van der Waals surface area contributed by atoms with Gasteiger partial charge in [0.25, 0.3) is 0 Å². The molecular formula is C26H40N4O. The number of carbonyl (C=O) groups is 1. The number of carbonyl (C=O) groups excluding carboxylic acids is 1. The molecule has 170 valence electrons. The van der Waals surface area contributed by atoms with E-state index in [9.17, 15) is 4.79 Å². The van der Waals surface area contributed by atoms with Crippen LogP contribution in [0.2, 0.25) is 0 Å². The van der Waals surface area contributed by atoms with E-state index in [4.69, 9.17) is 0 Å². The van der Waals surface area contributed by atoms with Crippen molar-refractivity contribution in [2.45, 2.75) is 83.3 Å². The molecule has 0 aromatic carbocycles. The lowest BCUT2D eigenvalue weighted by Crippen LogP contribution is -2.50. The van der Waals surface area contributed by atoms with Crippen molar-refractivity contribution >= 4 is 11.4 Å². The van der Waals surface area contributed by atoms with Crippen LogP contribution < -0.4 is 0 Å². The first kappa shape index (κ1) is 22.5. The third kappa shape index (κ3) is 5.20. The van der Waals surface area contributed by atoms with E-state index in [0.717, 1.165) is 35.6 Å². The van der Waals surface area contributed by atoms with Gasteiger partial charge in [0.05, 0.1) is 12.2 Å². The van der Waals surface area contributed by atoms with Crippen LogP contribution in [0.4, 0.5) is 0 Å². The smallest absolute Gasteiger partial charge is 0.161 e. The predicted molar refractivity (Wildman–Crippen MR) is 127 cm³/mol. The maximum absolute atomic E-state index is 12.2. The zero-order valence-corrected chi connectivity index (χ0v) is 19.6. The molecule has 1 aromatic rings. The molecule has 2 aliphatic heterocycles. The van der Waals surface area contributed by atoms with E-state index in [1.807, 2.05) is 20.0 Å². The minimum absolute atomic E-state index is 0.230. The average molecular weight is 425 g/mol. The SMILES string of the molecule is C=C(C)C(=O)C1CCC(N2CCC(N3CCC(n4cc(C(=C)C)cn4)CC3)CC2)CC1. The predicted octanol–water partition coefficient (Wildman–Crippen LogP) is 4.72. The van der Waals surface area contributed by atoms with Gasteiger partial charge in [-0.25, -0.2) is 0 Å². The first-order valence-electron chi connectivity index (χ1n) is 12.3. The Hall–Kier alpha value is -1.72. The van der Waals surface area contributed by atoms with Gasteiger partial charge in [-0.3, -0.25) is 9.48 Å². The van der Waals surface area contributed by atoms with Crippen LogP contribution in [0.15, 0.2) is 31.1 Å². The van der Waals surface area contributed by atoms with Gasteiger partial charge in [0, 0.05) is 42.9 Å². The molecule has 3 fully saturated rings. The highest BCUT2D eigenvalue weighted by molar-refractivity contribution is 5.96. The lowest BCUT2D eigenvalue weighted by molar-refractivity contribution is -0.120. The highest BCUT2D eigenvalue weighted by Gasteiger charge is 2.33. The Labute approximate surface area is 188 Å². The second-order valence-corrected chi connectivity index (χ2v) is 10.2. The zero-order valence-electron chi connectivity index (χ0n) is 19.6. The highest BCUT2D eigenvalue weighted by Crippen LogP contribution is 2.32. The zero-order chi connectivity index (χ0) is 22.0. The quantitative estimate of drug-likeness (QED) is 0.620. The van der Waals surface area contributed by atoms with Crippen LogP contribution in [0, 0.1) is 5.92 Å².